The van der Waals surface area contributed by atoms with Crippen LogP contribution < -0.4 is 4.74 Å². The first-order valence-electron chi connectivity index (χ1n) is 38.5. The van der Waals surface area contributed by atoms with Crippen LogP contribution in [0.2, 0.25) is 0 Å². The van der Waals surface area contributed by atoms with Crippen molar-refractivity contribution in [2.45, 2.75) is 171 Å². The lowest BCUT2D eigenvalue weighted by Crippen LogP contribution is -2.68. The Kier molecular flexibility index (Phi) is 31.6. The Bertz CT molecular complexity index is 4170. The summed E-state index contributed by atoms with van der Waals surface area (Å²) >= 11 is 0. The van der Waals surface area contributed by atoms with Gasteiger partial charge in [-0.2, -0.15) is 0 Å². The van der Waals surface area contributed by atoms with E-state index in [1.54, 1.807) is 7.11 Å². The van der Waals surface area contributed by atoms with Gasteiger partial charge < -0.3 is 80.5 Å². The Morgan fingerprint density at radius 3 is 0.802 bits per heavy atom. The van der Waals surface area contributed by atoms with Gasteiger partial charge in [0.05, 0.1) is 99.6 Å². The topological polar surface area (TPSA) is 157 Å². The molecule has 13 rings (SSSR count). The second kappa shape index (κ2) is 43.8. The molecule has 0 spiro atoms. The minimum Gasteiger partial charge on any atom is -0.497 e. The number of allylic oxidation sites excluding steroid dienone is 1. The van der Waals surface area contributed by atoms with Gasteiger partial charge in [-0.15, -0.1) is 6.58 Å². The molecule has 10 aromatic carbocycles. The van der Waals surface area contributed by atoms with Crippen molar-refractivity contribution in [1.82, 2.24) is 0 Å². The Labute approximate surface area is 653 Å². The monoisotopic (exact) mass is 1500 g/mol. The number of ether oxygens (including phenoxy) is 17. The van der Waals surface area contributed by atoms with Gasteiger partial charge in [0.15, 0.2) is 18.9 Å². The summed E-state index contributed by atoms with van der Waals surface area (Å²) in [6.45, 7) is 6.21. The third-order valence-corrected chi connectivity index (χ3v) is 19.7. The Balaban J connectivity index is 0.945. The van der Waals surface area contributed by atoms with Gasteiger partial charge in [0.1, 0.15) is 79.0 Å². The van der Waals surface area contributed by atoms with E-state index in [0.29, 0.717) is 18.8 Å². The smallest absolute Gasteiger partial charge is 0.187 e. The molecule has 0 N–H and O–H groups in total. The van der Waals surface area contributed by atoms with Crippen molar-refractivity contribution in [3.8, 4) is 5.75 Å². The van der Waals surface area contributed by atoms with Crippen LogP contribution in [0.25, 0.3) is 0 Å². The van der Waals surface area contributed by atoms with Gasteiger partial charge in [-0.05, 0) is 80.6 Å². The predicted molar refractivity (Wildman–Crippen MR) is 421 cm³/mol. The summed E-state index contributed by atoms with van der Waals surface area (Å²) in [6, 6.07) is 98.0. The van der Waals surface area contributed by atoms with Gasteiger partial charge in [0, 0.05) is 0 Å². The molecule has 3 heterocycles. The highest BCUT2D eigenvalue weighted by Crippen LogP contribution is 2.40. The van der Waals surface area contributed by atoms with E-state index >= 15 is 0 Å². The van der Waals surface area contributed by atoms with Crippen LogP contribution in [0, 0.1) is 0 Å². The van der Waals surface area contributed by atoms with Crippen molar-refractivity contribution in [3.05, 3.63) is 366 Å². The fraction of sp³-hybridized carbons (Fsp3) is 0.340. The summed E-state index contributed by atoms with van der Waals surface area (Å²) in [5.74, 6) is 0.712. The zero-order valence-electron chi connectivity index (χ0n) is 63.0. The van der Waals surface area contributed by atoms with E-state index < -0.39 is 92.1 Å². The first-order chi connectivity index (χ1) is 55.0. The summed E-state index contributed by atoms with van der Waals surface area (Å²) in [6.07, 6.45) is -11.9. The molecule has 0 bridgehead atoms. The maximum atomic E-state index is 7.94. The number of hydrogen-bond acceptors (Lipinski definition) is 17. The standard InChI is InChI=1S/C94H102O17/c1-3-4-32-55-99-92-89(104-62-75-45-26-11-27-46-75)87(102-60-73-41-22-9-23-42-73)84(81(107-92)67-97-57-70-35-16-6-17-36-70)110-94-91(106-64-77-49-30-13-31-50-77)88(103-61-74-43-24-10-25-44-74)85(82(109-94)68-98-58-71-37-18-7-19-38-71)111-93-90(105-63-76-47-28-12-29-48-76)86(101-65-78-51-53-79(95-2)54-52-78)83(100-59-72-39-20-8-21-40-72)80(108-93)66-96-56-69-33-14-5-15-34-69/h3,5-31,33-54,80-94H,1,4,32,55-68H2,2H3/t80-,81-,82-,83+,84-,85+,86+,87+,88+,89-,90-,91-,92-,93+,94+/m1/s1. The van der Waals surface area contributed by atoms with E-state index in [1.165, 1.54) is 0 Å². The molecule has 3 saturated heterocycles. The van der Waals surface area contributed by atoms with Crippen LogP contribution in [-0.2, 0) is 142 Å². The lowest BCUT2D eigenvalue weighted by molar-refractivity contribution is -0.395. The third-order valence-electron chi connectivity index (χ3n) is 19.7. The Morgan fingerprint density at radius 1 is 0.261 bits per heavy atom. The van der Waals surface area contributed by atoms with Crippen LogP contribution in [-0.4, -0.2) is 126 Å². The Hall–Kier alpha value is -8.90. The predicted octanol–water partition coefficient (Wildman–Crippen LogP) is 16.7. The summed E-state index contributed by atoms with van der Waals surface area (Å²) in [5.41, 5.74) is 9.29. The van der Waals surface area contributed by atoms with Gasteiger partial charge in [0.25, 0.3) is 0 Å². The maximum Gasteiger partial charge on any atom is 0.187 e. The first kappa shape index (κ1) is 80.2. The van der Waals surface area contributed by atoms with Crippen molar-refractivity contribution < 1.29 is 80.5 Å². The Morgan fingerprint density at radius 2 is 0.505 bits per heavy atom. The normalized spacial score (nSPS) is 23.9. The molecule has 3 aliphatic heterocycles. The van der Waals surface area contributed by atoms with Gasteiger partial charge in [-0.1, -0.05) is 291 Å². The van der Waals surface area contributed by atoms with Crippen LogP contribution in [0.15, 0.2) is 310 Å². The SMILES string of the molecule is C=CCCCO[C@@H]1O[C@H](COCc2ccccc2)[C@@H](O[C@@H]2O[C@H](COCc3ccccc3)[C@H](O[C@@H]3O[C@H](COCc4ccccc4)[C@H](OCc4ccccc4)[C@H](OCc4ccc(OC)cc4)[C@H]3OCc3ccccc3)[C@H](OCc3ccccc3)[C@H]2OCc2ccccc2)[C@H](OCc2ccccc2)[C@H]1OCc1ccccc1. The molecule has 0 unspecified atom stereocenters. The fourth-order valence-electron chi connectivity index (χ4n) is 13.9. The fourth-order valence-corrected chi connectivity index (χ4v) is 13.9. The molecule has 3 aliphatic rings. The molecular formula is C94H102O17. The number of benzene rings is 10. The lowest BCUT2D eigenvalue weighted by Gasteiger charge is -2.52. The molecule has 3 fully saturated rings. The average Bonchev–Trinajstić information content (AvgIpc) is 0.764. The van der Waals surface area contributed by atoms with E-state index in [4.69, 9.17) is 80.5 Å². The lowest BCUT2D eigenvalue weighted by atomic mass is 9.95. The van der Waals surface area contributed by atoms with Crippen molar-refractivity contribution >= 4 is 0 Å². The molecule has 17 nitrogen and oxygen atoms in total. The number of hydrogen-bond donors (Lipinski definition) is 0. The number of rotatable bonds is 43. The first-order valence-corrected chi connectivity index (χ1v) is 38.5. The van der Waals surface area contributed by atoms with Crippen molar-refractivity contribution in [1.29, 1.82) is 0 Å². The summed E-state index contributed by atoms with van der Waals surface area (Å²) in [7, 11) is 1.65. The number of methoxy groups -OCH3 is 1. The largest absolute Gasteiger partial charge is 0.497 e. The minimum atomic E-state index is -1.31. The van der Waals surface area contributed by atoms with Crippen molar-refractivity contribution in [2.75, 3.05) is 33.5 Å². The second-order valence-corrected chi connectivity index (χ2v) is 27.8. The van der Waals surface area contributed by atoms with Crippen LogP contribution in [0.5, 0.6) is 5.75 Å². The van der Waals surface area contributed by atoms with Gasteiger partial charge in [-0.3, -0.25) is 0 Å². The molecule has 0 aliphatic carbocycles. The highest BCUT2D eigenvalue weighted by atomic mass is 16.8. The average molecular weight is 1500 g/mol. The maximum absolute atomic E-state index is 7.94. The molecular weight excluding hydrogens is 1400 g/mol. The number of unbranched alkanes of at least 4 members (excludes halogenated alkanes) is 1. The van der Waals surface area contributed by atoms with Crippen LogP contribution in [0.4, 0.5) is 0 Å². The molecule has 0 aromatic heterocycles. The van der Waals surface area contributed by atoms with Crippen molar-refractivity contribution in [2.24, 2.45) is 0 Å². The molecule has 0 amide bonds. The molecule has 10 aromatic rings. The van der Waals surface area contributed by atoms with Crippen LogP contribution >= 0.6 is 0 Å². The molecule has 15 atom stereocenters. The van der Waals surface area contributed by atoms with Crippen molar-refractivity contribution in [3.63, 3.8) is 0 Å². The van der Waals surface area contributed by atoms with Crippen LogP contribution in [0.3, 0.4) is 0 Å². The zero-order chi connectivity index (χ0) is 75.7. The highest BCUT2D eigenvalue weighted by Gasteiger charge is 2.57. The van der Waals surface area contributed by atoms with Gasteiger partial charge in [-0.25, -0.2) is 0 Å². The van der Waals surface area contributed by atoms with E-state index in [9.17, 15) is 0 Å². The van der Waals surface area contributed by atoms with E-state index in [2.05, 4.69) is 6.58 Å². The quantitative estimate of drug-likeness (QED) is 0.0262. The van der Waals surface area contributed by atoms with E-state index in [1.807, 2.05) is 303 Å². The third kappa shape index (κ3) is 24.3. The summed E-state index contributed by atoms with van der Waals surface area (Å²) in [5, 5.41) is 0. The molecule has 0 radical (unpaired) electrons. The van der Waals surface area contributed by atoms with Crippen LogP contribution in [0.1, 0.15) is 68.5 Å². The van der Waals surface area contributed by atoms with E-state index in [0.717, 1.165) is 62.1 Å². The summed E-state index contributed by atoms with van der Waals surface area (Å²) < 4.78 is 123. The molecule has 111 heavy (non-hydrogen) atoms. The van der Waals surface area contributed by atoms with E-state index in [-0.39, 0.29) is 85.9 Å². The minimum absolute atomic E-state index is 0.0333. The second-order valence-electron chi connectivity index (χ2n) is 27.8. The molecule has 17 heteroatoms. The molecule has 0 saturated carbocycles. The summed E-state index contributed by atoms with van der Waals surface area (Å²) in [4.78, 5) is 0. The zero-order valence-corrected chi connectivity index (χ0v) is 63.0. The molecule has 580 valence electrons. The van der Waals surface area contributed by atoms with Gasteiger partial charge >= 0.3 is 0 Å². The van der Waals surface area contributed by atoms with Gasteiger partial charge in [0.2, 0.25) is 0 Å². The highest BCUT2D eigenvalue weighted by molar-refractivity contribution is 5.27.